The lowest BCUT2D eigenvalue weighted by Crippen LogP contribution is -2.40. The van der Waals surface area contributed by atoms with E-state index in [1.54, 1.807) is 0 Å². The third-order valence-corrected chi connectivity index (χ3v) is 3.70. The van der Waals surface area contributed by atoms with Crippen LogP contribution in [-0.2, 0) is 0 Å². The first-order chi connectivity index (χ1) is 11.5. The van der Waals surface area contributed by atoms with Crippen molar-refractivity contribution in [3.05, 3.63) is 75.8 Å². The van der Waals surface area contributed by atoms with Gasteiger partial charge in [0.2, 0.25) is 0 Å². The Labute approximate surface area is 145 Å². The fourth-order valence-corrected chi connectivity index (χ4v) is 2.45. The van der Waals surface area contributed by atoms with Crippen molar-refractivity contribution < 1.29 is 9.72 Å². The topological polar surface area (TPSA) is 84.3 Å². The number of rotatable bonds is 5. The number of hydrogen-bond donors (Lipinski definition) is 2. The second kappa shape index (κ2) is 8.16. The zero-order valence-electron chi connectivity index (χ0n) is 13.1. The van der Waals surface area contributed by atoms with Crippen LogP contribution in [0.15, 0.2) is 54.6 Å². The van der Waals surface area contributed by atoms with Gasteiger partial charge >= 0.3 is 0 Å². The molecule has 0 bridgehead atoms. The highest BCUT2D eigenvalue weighted by molar-refractivity contribution is 7.80. The number of carbonyl (C=O) groups excluding carboxylic acids is 1. The highest BCUT2D eigenvalue weighted by atomic mass is 32.1. The smallest absolute Gasteiger partial charge is 0.269 e. The molecular weight excluding hydrogens is 326 g/mol. The van der Waals surface area contributed by atoms with Gasteiger partial charge in [-0.1, -0.05) is 37.3 Å². The van der Waals surface area contributed by atoms with Crippen LogP contribution < -0.4 is 10.6 Å². The molecule has 1 atom stereocenters. The van der Waals surface area contributed by atoms with E-state index in [2.05, 4.69) is 10.6 Å². The molecule has 124 valence electrons. The molecule has 2 aromatic rings. The molecule has 6 nitrogen and oxygen atoms in total. The predicted octanol–water partition coefficient (Wildman–Crippen LogP) is 3.35. The number of nitrogens with one attached hydrogen (secondary N) is 2. The van der Waals surface area contributed by atoms with Crippen molar-refractivity contribution in [1.29, 1.82) is 0 Å². The number of nitro benzene ring substituents is 1. The van der Waals surface area contributed by atoms with Crippen molar-refractivity contribution in [2.45, 2.75) is 19.4 Å². The van der Waals surface area contributed by atoms with Crippen LogP contribution in [0.2, 0.25) is 0 Å². The molecule has 7 heteroatoms. The Morgan fingerprint density at radius 2 is 1.79 bits per heavy atom. The van der Waals surface area contributed by atoms with Gasteiger partial charge in [0.05, 0.1) is 11.0 Å². The molecule has 0 spiro atoms. The summed E-state index contributed by atoms with van der Waals surface area (Å²) in [4.78, 5) is 22.2. The maximum Gasteiger partial charge on any atom is 0.269 e. The summed E-state index contributed by atoms with van der Waals surface area (Å²) < 4.78 is 0. The second-order valence-corrected chi connectivity index (χ2v) is 5.51. The van der Waals surface area contributed by atoms with Crippen molar-refractivity contribution >= 4 is 28.9 Å². The van der Waals surface area contributed by atoms with E-state index in [-0.39, 0.29) is 16.8 Å². The normalized spacial score (nSPS) is 11.4. The molecule has 0 saturated carbocycles. The Bertz CT molecular complexity index is 733. The van der Waals surface area contributed by atoms with Gasteiger partial charge in [-0.05, 0) is 36.3 Å². The maximum absolute atomic E-state index is 12.1. The fraction of sp³-hybridized carbons (Fsp3) is 0.176. The van der Waals surface area contributed by atoms with Gasteiger partial charge in [0, 0.05) is 17.7 Å². The molecule has 1 unspecified atom stereocenters. The average molecular weight is 343 g/mol. The molecule has 2 N–H and O–H groups in total. The lowest BCUT2D eigenvalue weighted by molar-refractivity contribution is -0.384. The highest BCUT2D eigenvalue weighted by Crippen LogP contribution is 2.16. The predicted molar refractivity (Wildman–Crippen MR) is 95.8 cm³/mol. The molecule has 0 aliphatic carbocycles. The van der Waals surface area contributed by atoms with E-state index >= 15 is 0 Å². The van der Waals surface area contributed by atoms with E-state index in [0.29, 0.717) is 5.56 Å². The molecule has 0 aliphatic rings. The van der Waals surface area contributed by atoms with E-state index in [0.717, 1.165) is 12.0 Å². The summed E-state index contributed by atoms with van der Waals surface area (Å²) in [5.74, 6) is -0.412. The summed E-state index contributed by atoms with van der Waals surface area (Å²) in [6, 6.07) is 15.1. The minimum atomic E-state index is -0.514. The van der Waals surface area contributed by atoms with E-state index in [4.69, 9.17) is 12.2 Å². The zero-order chi connectivity index (χ0) is 17.5. The molecule has 1 amide bonds. The van der Waals surface area contributed by atoms with Gasteiger partial charge in [0.25, 0.3) is 11.6 Å². The number of benzene rings is 2. The van der Waals surface area contributed by atoms with Gasteiger partial charge in [-0.15, -0.1) is 0 Å². The lowest BCUT2D eigenvalue weighted by atomic mass is 10.1. The molecule has 0 saturated heterocycles. The maximum atomic E-state index is 12.1. The molecular formula is C17H17N3O3S. The molecule has 0 fully saturated rings. The first-order valence-corrected chi connectivity index (χ1v) is 7.83. The minimum absolute atomic E-state index is 0.00383. The Balaban J connectivity index is 1.98. The summed E-state index contributed by atoms with van der Waals surface area (Å²) in [6.45, 7) is 2.02. The van der Waals surface area contributed by atoms with E-state index in [1.165, 1.54) is 24.3 Å². The van der Waals surface area contributed by atoms with Gasteiger partial charge in [0.15, 0.2) is 5.11 Å². The Kier molecular flexibility index (Phi) is 5.97. The molecule has 0 radical (unpaired) electrons. The number of nitrogens with zero attached hydrogens (tertiary/aromatic N) is 1. The Morgan fingerprint density at radius 1 is 1.17 bits per heavy atom. The van der Waals surface area contributed by atoms with Crippen LogP contribution in [0.5, 0.6) is 0 Å². The van der Waals surface area contributed by atoms with Crippen molar-refractivity contribution in [3.63, 3.8) is 0 Å². The SMILES string of the molecule is CCC(NC(=S)NC(=O)c1ccc([N+](=O)[O-])cc1)c1ccccc1. The monoisotopic (exact) mass is 343 g/mol. The molecule has 0 heterocycles. The van der Waals surface area contributed by atoms with Gasteiger partial charge in [-0.25, -0.2) is 0 Å². The third-order valence-electron chi connectivity index (χ3n) is 3.48. The Morgan fingerprint density at radius 3 is 2.33 bits per heavy atom. The van der Waals surface area contributed by atoms with Crippen LogP contribution in [-0.4, -0.2) is 15.9 Å². The number of nitro groups is 1. The number of carbonyl (C=O) groups is 1. The van der Waals surface area contributed by atoms with E-state index in [1.807, 2.05) is 37.3 Å². The largest absolute Gasteiger partial charge is 0.356 e. The van der Waals surface area contributed by atoms with Gasteiger partial charge in [-0.2, -0.15) is 0 Å². The molecule has 24 heavy (non-hydrogen) atoms. The van der Waals surface area contributed by atoms with Crippen LogP contribution in [0.4, 0.5) is 5.69 Å². The van der Waals surface area contributed by atoms with Crippen LogP contribution in [0.3, 0.4) is 0 Å². The van der Waals surface area contributed by atoms with Crippen molar-refractivity contribution in [2.75, 3.05) is 0 Å². The van der Waals surface area contributed by atoms with Crippen LogP contribution >= 0.6 is 12.2 Å². The van der Waals surface area contributed by atoms with Crippen molar-refractivity contribution in [2.24, 2.45) is 0 Å². The number of hydrogen-bond acceptors (Lipinski definition) is 4. The van der Waals surface area contributed by atoms with Crippen molar-refractivity contribution in [3.8, 4) is 0 Å². The summed E-state index contributed by atoms with van der Waals surface area (Å²) >= 11 is 5.19. The highest BCUT2D eigenvalue weighted by Gasteiger charge is 2.14. The average Bonchev–Trinajstić information content (AvgIpc) is 2.60. The lowest BCUT2D eigenvalue weighted by Gasteiger charge is -2.19. The summed E-state index contributed by atoms with van der Waals surface area (Å²) in [5.41, 5.74) is 1.31. The minimum Gasteiger partial charge on any atom is -0.356 e. The van der Waals surface area contributed by atoms with Gasteiger partial charge in [0.1, 0.15) is 0 Å². The first-order valence-electron chi connectivity index (χ1n) is 7.42. The van der Waals surface area contributed by atoms with Gasteiger partial charge in [-0.3, -0.25) is 20.2 Å². The second-order valence-electron chi connectivity index (χ2n) is 5.10. The Hall–Kier alpha value is -2.80. The standard InChI is InChI=1S/C17H17N3O3S/c1-2-15(12-6-4-3-5-7-12)18-17(24)19-16(21)13-8-10-14(11-9-13)20(22)23/h3-11,15H,2H2,1H3,(H2,18,19,21,24). The molecule has 2 rings (SSSR count). The molecule has 0 aromatic heterocycles. The summed E-state index contributed by atoms with van der Waals surface area (Å²) in [7, 11) is 0. The summed E-state index contributed by atoms with van der Waals surface area (Å²) in [5, 5.41) is 16.5. The van der Waals surface area contributed by atoms with Crippen molar-refractivity contribution in [1.82, 2.24) is 10.6 Å². The third kappa shape index (κ3) is 4.60. The summed E-state index contributed by atoms with van der Waals surface area (Å²) in [6.07, 6.45) is 0.803. The number of amides is 1. The first kappa shape index (κ1) is 17.6. The number of thiocarbonyl (C=S) groups is 1. The van der Waals surface area contributed by atoms with Crippen LogP contribution in [0, 0.1) is 10.1 Å². The van der Waals surface area contributed by atoms with Crippen LogP contribution in [0.1, 0.15) is 35.3 Å². The zero-order valence-corrected chi connectivity index (χ0v) is 13.9. The van der Waals surface area contributed by atoms with Gasteiger partial charge < -0.3 is 5.32 Å². The number of non-ortho nitro benzene ring substituents is 1. The fourth-order valence-electron chi connectivity index (χ4n) is 2.21. The molecule has 2 aromatic carbocycles. The van der Waals surface area contributed by atoms with E-state index < -0.39 is 10.8 Å². The molecule has 0 aliphatic heterocycles. The van der Waals surface area contributed by atoms with Crippen LogP contribution in [0.25, 0.3) is 0 Å². The quantitative estimate of drug-likeness (QED) is 0.494. The van der Waals surface area contributed by atoms with E-state index in [9.17, 15) is 14.9 Å².